The molecule has 0 aromatic heterocycles. The molecule has 0 fully saturated rings. The Bertz CT molecular complexity index is 608. The van der Waals surface area contributed by atoms with E-state index in [0.717, 1.165) is 30.8 Å². The molecule has 0 radical (unpaired) electrons. The Morgan fingerprint density at radius 3 is 2.39 bits per heavy atom. The van der Waals surface area contributed by atoms with Gasteiger partial charge in [0.2, 0.25) is 0 Å². The molecule has 0 saturated heterocycles. The molecule has 0 unspecified atom stereocenters. The summed E-state index contributed by atoms with van der Waals surface area (Å²) in [4.78, 5) is 0. The van der Waals surface area contributed by atoms with Crippen molar-refractivity contribution in [1.29, 1.82) is 0 Å². The summed E-state index contributed by atoms with van der Waals surface area (Å²) in [6.45, 7) is 5.61. The largest absolute Gasteiger partial charge is 0.494 e. The van der Waals surface area contributed by atoms with Gasteiger partial charge in [0, 0.05) is 12.2 Å². The maximum Gasteiger partial charge on any atom is 0.170 e. The number of nitrogens with one attached hydrogen (secondary N) is 2. The fourth-order valence-corrected chi connectivity index (χ4v) is 2.45. The van der Waals surface area contributed by atoms with Crippen LogP contribution in [-0.2, 0) is 6.42 Å². The predicted molar refractivity (Wildman–Crippen MR) is 101 cm³/mol. The van der Waals surface area contributed by atoms with E-state index in [1.165, 1.54) is 11.1 Å². The van der Waals surface area contributed by atoms with E-state index >= 15 is 0 Å². The second-order valence-corrected chi connectivity index (χ2v) is 5.84. The lowest BCUT2D eigenvalue weighted by atomic mass is 10.1. The Morgan fingerprint density at radius 1 is 1.04 bits per heavy atom. The van der Waals surface area contributed by atoms with Crippen molar-refractivity contribution in [3.63, 3.8) is 0 Å². The zero-order chi connectivity index (χ0) is 16.5. The van der Waals surface area contributed by atoms with E-state index in [9.17, 15) is 0 Å². The first-order valence-corrected chi connectivity index (χ1v) is 8.41. The van der Waals surface area contributed by atoms with Crippen molar-refractivity contribution >= 4 is 23.0 Å². The van der Waals surface area contributed by atoms with Gasteiger partial charge in [-0.25, -0.2) is 0 Å². The molecule has 0 aliphatic rings. The van der Waals surface area contributed by atoms with Gasteiger partial charge in [-0.3, -0.25) is 0 Å². The summed E-state index contributed by atoms with van der Waals surface area (Å²) in [7, 11) is 0. The topological polar surface area (TPSA) is 33.3 Å². The molecular weight excluding hydrogens is 304 g/mol. The number of hydrogen-bond acceptors (Lipinski definition) is 2. The van der Waals surface area contributed by atoms with Crippen molar-refractivity contribution in [2.45, 2.75) is 26.7 Å². The van der Waals surface area contributed by atoms with Crippen molar-refractivity contribution in [3.8, 4) is 5.75 Å². The Balaban J connectivity index is 1.67. The molecule has 23 heavy (non-hydrogen) atoms. The lowest BCUT2D eigenvalue weighted by molar-refractivity contribution is 0.340. The highest BCUT2D eigenvalue weighted by Crippen LogP contribution is 2.15. The van der Waals surface area contributed by atoms with Crippen LogP contribution in [0.4, 0.5) is 5.69 Å². The minimum atomic E-state index is 0.651. The minimum absolute atomic E-state index is 0.651. The molecule has 2 aromatic rings. The van der Waals surface area contributed by atoms with Crippen LogP contribution >= 0.6 is 12.2 Å². The van der Waals surface area contributed by atoms with Crippen molar-refractivity contribution in [2.24, 2.45) is 0 Å². The molecule has 0 bridgehead atoms. The van der Waals surface area contributed by atoms with Gasteiger partial charge in [0.25, 0.3) is 0 Å². The van der Waals surface area contributed by atoms with Gasteiger partial charge in [0.05, 0.1) is 6.61 Å². The third kappa shape index (κ3) is 6.28. The summed E-state index contributed by atoms with van der Waals surface area (Å²) < 4.78 is 5.42. The fraction of sp³-hybridized carbons (Fsp3) is 0.316. The van der Waals surface area contributed by atoms with Crippen LogP contribution in [0.5, 0.6) is 5.75 Å². The van der Waals surface area contributed by atoms with Crippen LogP contribution in [-0.4, -0.2) is 18.3 Å². The molecule has 4 heteroatoms. The van der Waals surface area contributed by atoms with E-state index in [-0.39, 0.29) is 0 Å². The molecular formula is C19H24N2OS. The van der Waals surface area contributed by atoms with Crippen LogP contribution < -0.4 is 15.4 Å². The highest BCUT2D eigenvalue weighted by Gasteiger charge is 1.99. The maximum atomic E-state index is 5.42. The van der Waals surface area contributed by atoms with Crippen molar-refractivity contribution in [2.75, 3.05) is 18.5 Å². The van der Waals surface area contributed by atoms with Gasteiger partial charge in [-0.1, -0.05) is 29.8 Å². The van der Waals surface area contributed by atoms with Gasteiger partial charge in [-0.05, 0) is 68.7 Å². The lowest BCUT2D eigenvalue weighted by Crippen LogP contribution is -2.29. The van der Waals surface area contributed by atoms with Gasteiger partial charge < -0.3 is 15.4 Å². The van der Waals surface area contributed by atoms with Crippen molar-refractivity contribution in [3.05, 3.63) is 59.7 Å². The second kappa shape index (κ2) is 9.16. The lowest BCUT2D eigenvalue weighted by Gasteiger charge is -2.11. The number of benzene rings is 2. The maximum absolute atomic E-state index is 5.42. The van der Waals surface area contributed by atoms with Crippen LogP contribution in [0.25, 0.3) is 0 Å². The first-order valence-electron chi connectivity index (χ1n) is 8.00. The van der Waals surface area contributed by atoms with E-state index in [4.69, 9.17) is 17.0 Å². The zero-order valence-electron chi connectivity index (χ0n) is 13.8. The van der Waals surface area contributed by atoms with E-state index in [1.807, 2.05) is 31.2 Å². The summed E-state index contributed by atoms with van der Waals surface area (Å²) >= 11 is 5.31. The first kappa shape index (κ1) is 17.3. The number of rotatable bonds is 7. The number of thiocarbonyl (C=S) groups is 1. The normalized spacial score (nSPS) is 10.2. The molecule has 0 aliphatic carbocycles. The van der Waals surface area contributed by atoms with E-state index in [1.54, 1.807) is 0 Å². The van der Waals surface area contributed by atoms with Crippen LogP contribution in [0.1, 0.15) is 24.5 Å². The smallest absolute Gasteiger partial charge is 0.170 e. The molecule has 0 saturated carbocycles. The fourth-order valence-electron chi connectivity index (χ4n) is 2.23. The third-order valence-electron chi connectivity index (χ3n) is 3.47. The van der Waals surface area contributed by atoms with Gasteiger partial charge in [-0.15, -0.1) is 0 Å². The second-order valence-electron chi connectivity index (χ2n) is 5.43. The minimum Gasteiger partial charge on any atom is -0.494 e. The van der Waals surface area contributed by atoms with Gasteiger partial charge >= 0.3 is 0 Å². The Hall–Kier alpha value is -2.07. The average molecular weight is 328 g/mol. The van der Waals surface area contributed by atoms with Crippen LogP contribution in [0.2, 0.25) is 0 Å². The van der Waals surface area contributed by atoms with Crippen LogP contribution in [0.15, 0.2) is 48.5 Å². The number of hydrogen-bond donors (Lipinski definition) is 2. The molecule has 3 nitrogen and oxygen atoms in total. The molecule has 2 N–H and O–H groups in total. The highest BCUT2D eigenvalue weighted by atomic mass is 32.1. The molecule has 0 heterocycles. The molecule has 122 valence electrons. The van der Waals surface area contributed by atoms with Crippen LogP contribution in [0.3, 0.4) is 0 Å². The van der Waals surface area contributed by atoms with Gasteiger partial charge in [0.1, 0.15) is 5.75 Å². The summed E-state index contributed by atoms with van der Waals surface area (Å²) in [6.07, 6.45) is 2.10. The first-order chi connectivity index (χ1) is 11.2. The van der Waals surface area contributed by atoms with Gasteiger partial charge in [0.15, 0.2) is 5.11 Å². The summed E-state index contributed by atoms with van der Waals surface area (Å²) in [6, 6.07) is 16.5. The molecule has 0 atom stereocenters. The quantitative estimate of drug-likeness (QED) is 0.586. The highest BCUT2D eigenvalue weighted by molar-refractivity contribution is 7.80. The number of aryl methyl sites for hydroxylation is 2. The Morgan fingerprint density at radius 2 is 1.74 bits per heavy atom. The van der Waals surface area contributed by atoms with Gasteiger partial charge in [-0.2, -0.15) is 0 Å². The molecule has 2 aromatic carbocycles. The average Bonchev–Trinajstić information content (AvgIpc) is 2.55. The van der Waals surface area contributed by atoms with Crippen LogP contribution in [0, 0.1) is 6.92 Å². The van der Waals surface area contributed by atoms with E-state index in [2.05, 4.69) is 41.8 Å². The van der Waals surface area contributed by atoms with Crippen molar-refractivity contribution < 1.29 is 4.74 Å². The number of ether oxygens (including phenoxy) is 1. The predicted octanol–water partition coefficient (Wildman–Crippen LogP) is 4.31. The van der Waals surface area contributed by atoms with E-state index in [0.29, 0.717) is 11.7 Å². The summed E-state index contributed by atoms with van der Waals surface area (Å²) in [5, 5.41) is 7.07. The SMILES string of the molecule is CCOc1ccc(NC(=S)NCCCc2ccc(C)cc2)cc1. The summed E-state index contributed by atoms with van der Waals surface area (Å²) in [5.41, 5.74) is 3.62. The summed E-state index contributed by atoms with van der Waals surface area (Å²) in [5.74, 6) is 0.870. The molecule has 0 spiro atoms. The molecule has 0 aliphatic heterocycles. The van der Waals surface area contributed by atoms with Crippen molar-refractivity contribution in [1.82, 2.24) is 5.32 Å². The van der Waals surface area contributed by atoms with E-state index < -0.39 is 0 Å². The third-order valence-corrected chi connectivity index (χ3v) is 3.72. The number of anilines is 1. The molecule has 0 amide bonds. The Kier molecular flexibility index (Phi) is 6.88. The molecule has 2 rings (SSSR count). The monoisotopic (exact) mass is 328 g/mol. The Labute approximate surface area is 144 Å². The standard InChI is InChI=1S/C19H24N2OS/c1-3-22-18-12-10-17(11-13-18)21-19(23)20-14-4-5-16-8-6-15(2)7-9-16/h6-13H,3-5,14H2,1-2H3,(H2,20,21,23). The zero-order valence-corrected chi connectivity index (χ0v) is 14.6.